The number of aromatic nitrogens is 4. The van der Waals surface area contributed by atoms with Crippen molar-refractivity contribution in [2.45, 2.75) is 0 Å². The zero-order valence-corrected chi connectivity index (χ0v) is 36.6. The Hall–Kier alpha value is -9.19. The monoisotopic (exact) mass is 866 g/mol. The summed E-state index contributed by atoms with van der Waals surface area (Å²) >= 11 is 0. The zero-order chi connectivity index (χ0) is 44.7. The van der Waals surface area contributed by atoms with Crippen molar-refractivity contribution in [3.63, 3.8) is 0 Å². The van der Waals surface area contributed by atoms with E-state index in [1.807, 2.05) is 12.1 Å². The van der Waals surface area contributed by atoms with Crippen molar-refractivity contribution in [3.05, 3.63) is 231 Å². The highest BCUT2D eigenvalue weighted by Crippen LogP contribution is 2.43. The molecule has 11 aromatic carbocycles. The predicted octanol–water partition coefficient (Wildman–Crippen LogP) is 16.7. The Morgan fingerprint density at radius 2 is 0.882 bits per heavy atom. The lowest BCUT2D eigenvalue weighted by Crippen LogP contribution is -2.00. The number of hydrogen-bond donors (Lipinski definition) is 0. The molecular formula is C63H38N4O. The van der Waals surface area contributed by atoms with Crippen LogP contribution in [0.25, 0.3) is 138 Å². The molecule has 0 radical (unpaired) electrons. The first-order valence-corrected chi connectivity index (χ1v) is 23.0. The SMILES string of the molecule is c1ccc(-c2ccc(-c3nc(-c4cccc(-c5ccccc5)c4)nc(-c4cccc5c4oc4ccc6ccc(-n7c8cc9ccccc9cc8c8c9ccccc9ccc87)cc6c45)n3)cc2)cc1. The Labute approximate surface area is 390 Å². The molecule has 0 aliphatic carbocycles. The minimum atomic E-state index is 0.543. The van der Waals surface area contributed by atoms with Crippen molar-refractivity contribution in [1.29, 1.82) is 0 Å². The second-order valence-corrected chi connectivity index (χ2v) is 17.6. The number of hydrogen-bond acceptors (Lipinski definition) is 4. The lowest BCUT2D eigenvalue weighted by atomic mass is 10.0. The summed E-state index contributed by atoms with van der Waals surface area (Å²) in [7, 11) is 0. The molecule has 0 spiro atoms. The van der Waals surface area contributed by atoms with E-state index in [9.17, 15) is 0 Å². The van der Waals surface area contributed by atoms with Gasteiger partial charge < -0.3 is 8.98 Å². The van der Waals surface area contributed by atoms with Gasteiger partial charge in [0.05, 0.1) is 16.6 Å². The molecule has 0 saturated heterocycles. The van der Waals surface area contributed by atoms with Crippen LogP contribution in [-0.2, 0) is 0 Å². The molecule has 5 heteroatoms. The summed E-state index contributed by atoms with van der Waals surface area (Å²) in [6.07, 6.45) is 0. The lowest BCUT2D eigenvalue weighted by molar-refractivity contribution is 0.670. The molecule has 14 aromatic rings. The highest BCUT2D eigenvalue weighted by atomic mass is 16.3. The van der Waals surface area contributed by atoms with Gasteiger partial charge >= 0.3 is 0 Å². The van der Waals surface area contributed by atoms with Crippen molar-refractivity contribution in [2.75, 3.05) is 0 Å². The fourth-order valence-electron chi connectivity index (χ4n) is 10.3. The van der Waals surface area contributed by atoms with E-state index in [2.05, 4.69) is 223 Å². The van der Waals surface area contributed by atoms with Gasteiger partial charge in [-0.1, -0.05) is 182 Å². The van der Waals surface area contributed by atoms with Gasteiger partial charge in [0.25, 0.3) is 0 Å². The first kappa shape index (κ1) is 38.1. The number of rotatable bonds is 6. The molecule has 0 fully saturated rings. The number of fused-ring (bicyclic) bond motifs is 11. The molecule has 3 heterocycles. The first-order valence-electron chi connectivity index (χ1n) is 23.0. The van der Waals surface area contributed by atoms with Crippen LogP contribution >= 0.6 is 0 Å². The Morgan fingerprint density at radius 3 is 1.69 bits per heavy atom. The molecule has 316 valence electrons. The number of furan rings is 1. The van der Waals surface area contributed by atoms with E-state index in [0.29, 0.717) is 17.5 Å². The van der Waals surface area contributed by atoms with Crippen molar-refractivity contribution in [3.8, 4) is 62.1 Å². The van der Waals surface area contributed by atoms with Crippen LogP contribution in [0.3, 0.4) is 0 Å². The molecule has 0 bridgehead atoms. The van der Waals surface area contributed by atoms with Gasteiger partial charge in [-0.2, -0.15) is 0 Å². The molecule has 0 aliphatic rings. The molecule has 0 amide bonds. The quantitative estimate of drug-likeness (QED) is 0.167. The first-order chi connectivity index (χ1) is 33.7. The summed E-state index contributed by atoms with van der Waals surface area (Å²) in [5, 5.41) is 11.7. The van der Waals surface area contributed by atoms with Crippen LogP contribution in [-0.4, -0.2) is 19.5 Å². The van der Waals surface area contributed by atoms with Gasteiger partial charge in [-0.15, -0.1) is 0 Å². The van der Waals surface area contributed by atoms with E-state index in [4.69, 9.17) is 19.4 Å². The largest absolute Gasteiger partial charge is 0.455 e. The maximum atomic E-state index is 6.94. The average molecular weight is 867 g/mol. The van der Waals surface area contributed by atoms with Crippen LogP contribution in [0.15, 0.2) is 235 Å². The topological polar surface area (TPSA) is 56.7 Å². The highest BCUT2D eigenvalue weighted by Gasteiger charge is 2.21. The molecule has 0 aliphatic heterocycles. The smallest absolute Gasteiger partial charge is 0.167 e. The molecule has 5 nitrogen and oxygen atoms in total. The van der Waals surface area contributed by atoms with Gasteiger partial charge in [-0.3, -0.25) is 0 Å². The third kappa shape index (κ3) is 6.14. The van der Waals surface area contributed by atoms with Crippen molar-refractivity contribution in [2.24, 2.45) is 0 Å². The number of benzene rings is 11. The summed E-state index contributed by atoms with van der Waals surface area (Å²) in [6, 6.07) is 81.7. The molecule has 14 rings (SSSR count). The van der Waals surface area contributed by atoms with Crippen LogP contribution in [0.2, 0.25) is 0 Å². The lowest BCUT2D eigenvalue weighted by Gasteiger charge is -2.11. The fourth-order valence-corrected chi connectivity index (χ4v) is 10.3. The summed E-state index contributed by atoms with van der Waals surface area (Å²) < 4.78 is 9.37. The van der Waals surface area contributed by atoms with E-state index in [1.54, 1.807) is 0 Å². The maximum absolute atomic E-state index is 6.94. The van der Waals surface area contributed by atoms with Crippen LogP contribution in [0.5, 0.6) is 0 Å². The minimum Gasteiger partial charge on any atom is -0.455 e. The van der Waals surface area contributed by atoms with E-state index in [1.165, 1.54) is 43.4 Å². The molecule has 0 saturated carbocycles. The third-order valence-corrected chi connectivity index (χ3v) is 13.6. The van der Waals surface area contributed by atoms with E-state index in [0.717, 1.165) is 77.3 Å². The van der Waals surface area contributed by atoms with Crippen LogP contribution in [0.4, 0.5) is 0 Å². The third-order valence-electron chi connectivity index (χ3n) is 13.6. The summed E-state index contributed by atoms with van der Waals surface area (Å²) in [6.45, 7) is 0. The Balaban J connectivity index is 0.965. The van der Waals surface area contributed by atoms with Crippen LogP contribution < -0.4 is 0 Å². The van der Waals surface area contributed by atoms with Crippen LogP contribution in [0, 0.1) is 0 Å². The molecule has 0 atom stereocenters. The second kappa shape index (κ2) is 15.2. The molecule has 3 aromatic heterocycles. The number of para-hydroxylation sites is 1. The molecule has 0 unspecified atom stereocenters. The van der Waals surface area contributed by atoms with Gasteiger partial charge in [0, 0.05) is 38.4 Å². The van der Waals surface area contributed by atoms with E-state index < -0.39 is 0 Å². The summed E-state index contributed by atoms with van der Waals surface area (Å²) in [5.41, 5.74) is 12.1. The van der Waals surface area contributed by atoms with E-state index in [-0.39, 0.29) is 0 Å². The van der Waals surface area contributed by atoms with Gasteiger partial charge in [0.15, 0.2) is 17.5 Å². The Morgan fingerprint density at radius 1 is 0.309 bits per heavy atom. The number of nitrogens with zero attached hydrogens (tertiary/aromatic N) is 4. The minimum absolute atomic E-state index is 0.543. The summed E-state index contributed by atoms with van der Waals surface area (Å²) in [4.78, 5) is 15.6. The molecular weight excluding hydrogens is 829 g/mol. The molecule has 68 heavy (non-hydrogen) atoms. The van der Waals surface area contributed by atoms with Gasteiger partial charge in [-0.25, -0.2) is 15.0 Å². The fraction of sp³-hybridized carbons (Fsp3) is 0. The Bertz CT molecular complexity index is 4300. The predicted molar refractivity (Wildman–Crippen MR) is 281 cm³/mol. The standard InChI is InChI=1S/C63H38N4O/c1-3-13-39(14-4-1)41-25-27-44(28-26-41)61-64-62(48-21-11-20-45(35-48)40-15-5-2-6-16-40)66-63(65-61)52-24-12-23-51-59-53-38-49(32-29-43(53)31-34-57(59)68-60(51)52)67-55-33-30-42-17-9-10-22-50(42)58(55)54-36-46-18-7-8-19-47(46)37-56(54)67/h1-38H. The second-order valence-electron chi connectivity index (χ2n) is 17.6. The Kier molecular flexibility index (Phi) is 8.52. The van der Waals surface area contributed by atoms with Crippen molar-refractivity contribution >= 4 is 76.1 Å². The van der Waals surface area contributed by atoms with Gasteiger partial charge in [0.1, 0.15) is 11.2 Å². The normalized spacial score (nSPS) is 11.8. The van der Waals surface area contributed by atoms with Crippen molar-refractivity contribution < 1.29 is 4.42 Å². The van der Waals surface area contributed by atoms with Gasteiger partial charge in [0.2, 0.25) is 0 Å². The summed E-state index contributed by atoms with van der Waals surface area (Å²) in [5.74, 6) is 1.72. The van der Waals surface area contributed by atoms with Crippen LogP contribution in [0.1, 0.15) is 0 Å². The zero-order valence-electron chi connectivity index (χ0n) is 36.6. The van der Waals surface area contributed by atoms with E-state index >= 15 is 0 Å². The van der Waals surface area contributed by atoms with Crippen molar-refractivity contribution in [1.82, 2.24) is 19.5 Å². The maximum Gasteiger partial charge on any atom is 0.167 e. The average Bonchev–Trinajstić information content (AvgIpc) is 3.96. The molecule has 0 N–H and O–H groups in total. The van der Waals surface area contributed by atoms with Gasteiger partial charge in [-0.05, 0) is 103 Å². The highest BCUT2D eigenvalue weighted by molar-refractivity contribution is 6.24.